The number of hydrogen-bond donors (Lipinski definition) is 1. The Labute approximate surface area is 180 Å². The van der Waals surface area contributed by atoms with E-state index in [0.29, 0.717) is 12.0 Å². The second kappa shape index (κ2) is 9.35. The number of fused-ring (bicyclic) bond motifs is 1. The Morgan fingerprint density at radius 2 is 1.73 bits per heavy atom. The molecule has 1 atom stereocenters. The van der Waals surface area contributed by atoms with E-state index in [4.69, 9.17) is 4.98 Å². The van der Waals surface area contributed by atoms with Gasteiger partial charge in [0.05, 0.1) is 11.0 Å². The van der Waals surface area contributed by atoms with Crippen molar-refractivity contribution in [2.24, 2.45) is 5.92 Å². The van der Waals surface area contributed by atoms with E-state index in [1.165, 1.54) is 83.2 Å². The van der Waals surface area contributed by atoms with Crippen LogP contribution in [-0.2, 0) is 0 Å². The summed E-state index contributed by atoms with van der Waals surface area (Å²) in [4.78, 5) is 7.65. The Balaban J connectivity index is 1.30. The highest BCUT2D eigenvalue weighted by molar-refractivity contribution is 5.76. The van der Waals surface area contributed by atoms with E-state index >= 15 is 0 Å². The van der Waals surface area contributed by atoms with Crippen LogP contribution in [0, 0.1) is 11.7 Å². The Hall–Kier alpha value is -1.46. The van der Waals surface area contributed by atoms with Crippen molar-refractivity contribution in [1.82, 2.24) is 19.8 Å². The molecule has 30 heavy (non-hydrogen) atoms. The van der Waals surface area contributed by atoms with Gasteiger partial charge in [0, 0.05) is 44.2 Å². The number of aromatic nitrogens is 2. The van der Waals surface area contributed by atoms with E-state index in [1.807, 2.05) is 6.07 Å². The minimum absolute atomic E-state index is 0.183. The molecule has 0 bridgehead atoms. The van der Waals surface area contributed by atoms with Crippen LogP contribution < -0.4 is 5.32 Å². The van der Waals surface area contributed by atoms with E-state index in [-0.39, 0.29) is 5.82 Å². The smallest absolute Gasteiger partial charge is 0.125 e. The van der Waals surface area contributed by atoms with Crippen molar-refractivity contribution in [2.75, 3.05) is 32.7 Å². The zero-order chi connectivity index (χ0) is 20.3. The number of nitrogens with zero attached hydrogens (tertiary/aromatic N) is 3. The van der Waals surface area contributed by atoms with E-state index in [1.54, 1.807) is 12.1 Å². The van der Waals surface area contributed by atoms with Crippen molar-refractivity contribution in [3.05, 3.63) is 29.8 Å². The van der Waals surface area contributed by atoms with Gasteiger partial charge in [-0.2, -0.15) is 0 Å². The normalized spacial score (nSPS) is 25.6. The Kier molecular flexibility index (Phi) is 6.37. The summed E-state index contributed by atoms with van der Waals surface area (Å²) >= 11 is 0. The van der Waals surface area contributed by atoms with Gasteiger partial charge in [0.2, 0.25) is 0 Å². The molecule has 1 aromatic carbocycles. The molecule has 1 saturated carbocycles. The summed E-state index contributed by atoms with van der Waals surface area (Å²) in [5, 5.41) is 3.48. The van der Waals surface area contributed by atoms with Crippen LogP contribution in [0.15, 0.2) is 18.2 Å². The summed E-state index contributed by atoms with van der Waals surface area (Å²) in [5.41, 5.74) is 1.95. The summed E-state index contributed by atoms with van der Waals surface area (Å²) in [7, 11) is 0. The Bertz CT molecular complexity index is 825. The topological polar surface area (TPSA) is 33.1 Å². The van der Waals surface area contributed by atoms with Gasteiger partial charge in [0.25, 0.3) is 0 Å². The quantitative estimate of drug-likeness (QED) is 0.745. The molecular formula is C25H37FN4. The Morgan fingerprint density at radius 1 is 0.967 bits per heavy atom. The number of likely N-dealkylation sites (tertiary alicyclic amines) is 1. The van der Waals surface area contributed by atoms with E-state index < -0.39 is 0 Å². The number of halogens is 1. The molecule has 164 valence electrons. The molecule has 5 rings (SSSR count). The fourth-order valence-corrected chi connectivity index (χ4v) is 6.09. The minimum atomic E-state index is -0.183. The van der Waals surface area contributed by atoms with Crippen molar-refractivity contribution < 1.29 is 4.39 Å². The molecule has 2 aromatic rings. The maximum atomic E-state index is 13.9. The molecule has 1 N–H and O–H groups in total. The molecule has 0 spiro atoms. The van der Waals surface area contributed by atoms with Crippen molar-refractivity contribution in [3.63, 3.8) is 0 Å². The summed E-state index contributed by atoms with van der Waals surface area (Å²) < 4.78 is 16.3. The highest BCUT2D eigenvalue weighted by atomic mass is 19.1. The first-order valence-corrected chi connectivity index (χ1v) is 12.4. The number of hydrogen-bond acceptors (Lipinski definition) is 3. The maximum absolute atomic E-state index is 13.9. The van der Waals surface area contributed by atoms with Gasteiger partial charge in [-0.3, -0.25) is 0 Å². The molecule has 4 nitrogen and oxygen atoms in total. The van der Waals surface area contributed by atoms with Crippen molar-refractivity contribution >= 4 is 11.0 Å². The van der Waals surface area contributed by atoms with Crippen LogP contribution in [0.2, 0.25) is 0 Å². The van der Waals surface area contributed by atoms with Gasteiger partial charge in [0.1, 0.15) is 11.6 Å². The number of nitrogens with one attached hydrogen (secondary N) is 1. The third kappa shape index (κ3) is 4.43. The molecule has 2 aliphatic heterocycles. The molecule has 2 saturated heterocycles. The standard InChI is InChI=1S/C25H37FN4/c26-21-8-9-24-23(16-21)28-25(20-10-13-27-17-20)30(24)22-11-14-29(15-12-22)18-19-6-4-2-1-3-5-7-19/h8-9,16,19-20,22,27H,1-7,10-15,17-18H2/t20-/m0/s1. The first kappa shape index (κ1) is 20.4. The van der Waals surface area contributed by atoms with Gasteiger partial charge >= 0.3 is 0 Å². The fraction of sp³-hybridized carbons (Fsp3) is 0.720. The predicted octanol–water partition coefficient (Wildman–Crippen LogP) is 5.25. The summed E-state index contributed by atoms with van der Waals surface area (Å²) in [6, 6.07) is 5.65. The van der Waals surface area contributed by atoms with Crippen molar-refractivity contribution in [1.29, 1.82) is 0 Å². The molecule has 3 aliphatic rings. The summed E-state index contributed by atoms with van der Waals surface area (Å²) in [6.45, 7) is 5.71. The van der Waals surface area contributed by atoms with E-state index in [9.17, 15) is 4.39 Å². The number of rotatable bonds is 4. The van der Waals surface area contributed by atoms with Crippen LogP contribution in [0.4, 0.5) is 4.39 Å². The highest BCUT2D eigenvalue weighted by Gasteiger charge is 2.30. The molecule has 5 heteroatoms. The number of imidazole rings is 1. The Morgan fingerprint density at radius 3 is 2.47 bits per heavy atom. The van der Waals surface area contributed by atoms with Crippen molar-refractivity contribution in [3.8, 4) is 0 Å². The minimum Gasteiger partial charge on any atom is -0.324 e. The first-order chi connectivity index (χ1) is 14.8. The van der Waals surface area contributed by atoms with Crippen molar-refractivity contribution in [2.45, 2.75) is 76.2 Å². The summed E-state index contributed by atoms with van der Waals surface area (Å²) in [6.07, 6.45) is 13.5. The predicted molar refractivity (Wildman–Crippen MR) is 120 cm³/mol. The van der Waals surface area contributed by atoms with Gasteiger partial charge in [-0.25, -0.2) is 9.37 Å². The van der Waals surface area contributed by atoms with Crippen LogP contribution in [0.5, 0.6) is 0 Å². The zero-order valence-corrected chi connectivity index (χ0v) is 18.3. The highest BCUT2D eigenvalue weighted by Crippen LogP contribution is 2.34. The van der Waals surface area contributed by atoms with Gasteiger partial charge in [0.15, 0.2) is 0 Å². The lowest BCUT2D eigenvalue weighted by Crippen LogP contribution is -2.38. The van der Waals surface area contributed by atoms with Gasteiger partial charge in [-0.1, -0.05) is 32.1 Å². The number of benzene rings is 1. The van der Waals surface area contributed by atoms with Gasteiger partial charge in [-0.15, -0.1) is 0 Å². The molecule has 3 heterocycles. The molecule has 3 fully saturated rings. The van der Waals surface area contributed by atoms with Gasteiger partial charge in [-0.05, 0) is 56.7 Å². The van der Waals surface area contributed by atoms with E-state index in [0.717, 1.165) is 36.5 Å². The molecule has 1 aromatic heterocycles. The second-order valence-electron chi connectivity index (χ2n) is 9.91. The van der Waals surface area contributed by atoms with Crippen LogP contribution in [0.3, 0.4) is 0 Å². The molecule has 0 unspecified atom stereocenters. The van der Waals surface area contributed by atoms with Crippen LogP contribution in [-0.4, -0.2) is 47.2 Å². The van der Waals surface area contributed by atoms with Crippen LogP contribution in [0.25, 0.3) is 11.0 Å². The first-order valence-electron chi connectivity index (χ1n) is 12.4. The molecule has 1 aliphatic carbocycles. The average molecular weight is 413 g/mol. The SMILES string of the molecule is Fc1ccc2c(c1)nc([C@H]1CCNC1)n2C1CCN(CC2CCCCCCC2)CC1. The van der Waals surface area contributed by atoms with E-state index in [2.05, 4.69) is 14.8 Å². The van der Waals surface area contributed by atoms with Crippen LogP contribution in [0.1, 0.15) is 82.0 Å². The maximum Gasteiger partial charge on any atom is 0.125 e. The monoisotopic (exact) mass is 412 g/mol. The third-order valence-electron chi connectivity index (χ3n) is 7.77. The summed E-state index contributed by atoms with van der Waals surface area (Å²) in [5.74, 6) is 2.35. The zero-order valence-electron chi connectivity index (χ0n) is 18.3. The molecular weight excluding hydrogens is 375 g/mol. The molecule has 0 radical (unpaired) electrons. The number of piperidine rings is 1. The lowest BCUT2D eigenvalue weighted by molar-refractivity contribution is 0.151. The average Bonchev–Trinajstić information content (AvgIpc) is 3.38. The fourth-order valence-electron chi connectivity index (χ4n) is 6.09. The second-order valence-corrected chi connectivity index (χ2v) is 9.91. The molecule has 0 amide bonds. The van der Waals surface area contributed by atoms with Crippen LogP contribution >= 0.6 is 0 Å². The lowest BCUT2D eigenvalue weighted by atomic mass is 9.90. The third-order valence-corrected chi connectivity index (χ3v) is 7.77. The lowest BCUT2D eigenvalue weighted by Gasteiger charge is -2.36. The largest absolute Gasteiger partial charge is 0.324 e. The van der Waals surface area contributed by atoms with Gasteiger partial charge < -0.3 is 14.8 Å².